The third kappa shape index (κ3) is 4.51. The van der Waals surface area contributed by atoms with Gasteiger partial charge in [0.25, 0.3) is 5.92 Å². The molecule has 10 heteroatoms. The van der Waals surface area contributed by atoms with Crippen molar-refractivity contribution in [2.24, 2.45) is 0 Å². The van der Waals surface area contributed by atoms with Crippen molar-refractivity contribution in [3.63, 3.8) is 0 Å². The smallest absolute Gasteiger partial charge is 0.298 e. The summed E-state index contributed by atoms with van der Waals surface area (Å²) in [4.78, 5) is 9.17. The summed E-state index contributed by atoms with van der Waals surface area (Å²) >= 11 is 0. The number of fused-ring (bicyclic) bond motifs is 3. The average Bonchev–Trinajstić information content (AvgIpc) is 3.36. The molecule has 7 nitrogen and oxygen atoms in total. The first kappa shape index (κ1) is 25.7. The minimum absolute atomic E-state index is 0.000321. The Morgan fingerprint density at radius 3 is 2.68 bits per heavy atom. The quantitative estimate of drug-likeness (QED) is 0.384. The van der Waals surface area contributed by atoms with Gasteiger partial charge < -0.3 is 25.4 Å². The van der Waals surface area contributed by atoms with Gasteiger partial charge >= 0.3 is 0 Å². The van der Waals surface area contributed by atoms with Crippen molar-refractivity contribution in [2.45, 2.75) is 69.6 Å². The number of ether oxygens (including phenoxy) is 1. The SMILES string of the molecule is Cc1nc(N[C@H](C)c2cccc(C(F)(F)CO)c2F)c2cc([C@]3(O)CC[C@@H](O)CC3)c3c(c2n1)CCO3. The van der Waals surface area contributed by atoms with E-state index in [1.165, 1.54) is 12.1 Å². The number of aryl methyl sites for hydroxylation is 1. The van der Waals surface area contributed by atoms with Crippen molar-refractivity contribution < 1.29 is 33.2 Å². The standard InChI is InChI=1S/C27H30F3N3O4/c1-14(17-4-3-5-20(22(17)28)27(29,30)13-34)31-25-19-12-21(26(36)9-6-16(35)7-10-26)24-18(8-11-37-24)23(19)32-15(2)33-25/h3-5,12,14,16,34-36H,6-11,13H2,1-2H3,(H,31,32,33)/t14-,16-,26+/m1/s1. The monoisotopic (exact) mass is 517 g/mol. The predicted molar refractivity (Wildman–Crippen MR) is 131 cm³/mol. The lowest BCUT2D eigenvalue weighted by molar-refractivity contribution is -0.0583. The van der Waals surface area contributed by atoms with Crippen molar-refractivity contribution in [3.05, 3.63) is 58.2 Å². The van der Waals surface area contributed by atoms with Gasteiger partial charge in [-0.3, -0.25) is 0 Å². The minimum atomic E-state index is -3.71. The fourth-order valence-corrected chi connectivity index (χ4v) is 5.42. The second-order valence-electron chi connectivity index (χ2n) is 10.0. The maximum absolute atomic E-state index is 15.1. The van der Waals surface area contributed by atoms with Crippen molar-refractivity contribution in [1.82, 2.24) is 9.97 Å². The van der Waals surface area contributed by atoms with Crippen LogP contribution in [0.15, 0.2) is 24.3 Å². The molecule has 5 rings (SSSR count). The van der Waals surface area contributed by atoms with Crippen LogP contribution in [0.4, 0.5) is 19.0 Å². The molecule has 1 aliphatic heterocycles. The van der Waals surface area contributed by atoms with E-state index < -0.39 is 41.7 Å². The van der Waals surface area contributed by atoms with Crippen LogP contribution in [0.3, 0.4) is 0 Å². The van der Waals surface area contributed by atoms with Gasteiger partial charge in [0, 0.05) is 28.5 Å². The van der Waals surface area contributed by atoms with E-state index in [4.69, 9.17) is 9.84 Å². The lowest BCUT2D eigenvalue weighted by atomic mass is 9.77. The van der Waals surface area contributed by atoms with E-state index in [1.54, 1.807) is 19.9 Å². The Labute approximate surface area is 212 Å². The van der Waals surface area contributed by atoms with E-state index in [1.807, 2.05) is 0 Å². The highest BCUT2D eigenvalue weighted by Crippen LogP contribution is 2.47. The molecule has 198 valence electrons. The van der Waals surface area contributed by atoms with Gasteiger partial charge in [-0.15, -0.1) is 0 Å². The fourth-order valence-electron chi connectivity index (χ4n) is 5.42. The number of nitrogens with zero attached hydrogens (tertiary/aromatic N) is 2. The molecule has 1 saturated carbocycles. The highest BCUT2D eigenvalue weighted by molar-refractivity contribution is 5.94. The molecule has 0 saturated heterocycles. The molecule has 1 atom stereocenters. The molecule has 3 aromatic rings. The Bertz CT molecular complexity index is 1340. The van der Waals surface area contributed by atoms with Crippen LogP contribution in [0.25, 0.3) is 10.9 Å². The Hall–Kier alpha value is -2.95. The largest absolute Gasteiger partial charge is 0.492 e. The van der Waals surface area contributed by atoms with E-state index >= 15 is 4.39 Å². The zero-order chi connectivity index (χ0) is 26.5. The normalized spacial score (nSPS) is 22.5. The third-order valence-electron chi connectivity index (χ3n) is 7.47. The Kier molecular flexibility index (Phi) is 6.54. The summed E-state index contributed by atoms with van der Waals surface area (Å²) < 4.78 is 49.3. The van der Waals surface area contributed by atoms with Gasteiger partial charge in [-0.25, -0.2) is 14.4 Å². The highest BCUT2D eigenvalue weighted by atomic mass is 19.3. The molecule has 4 N–H and O–H groups in total. The van der Waals surface area contributed by atoms with Crippen molar-refractivity contribution in [1.29, 1.82) is 0 Å². The van der Waals surface area contributed by atoms with Crippen molar-refractivity contribution in [3.8, 4) is 5.75 Å². The molecular formula is C27H30F3N3O4. The molecule has 0 amide bonds. The highest BCUT2D eigenvalue weighted by Gasteiger charge is 2.40. The van der Waals surface area contributed by atoms with Gasteiger partial charge in [-0.2, -0.15) is 8.78 Å². The Balaban J connectivity index is 1.60. The number of aromatic nitrogens is 2. The molecule has 1 aliphatic carbocycles. The van der Waals surface area contributed by atoms with Crippen LogP contribution in [0, 0.1) is 12.7 Å². The van der Waals surface area contributed by atoms with Gasteiger partial charge in [-0.05, 0) is 51.7 Å². The van der Waals surface area contributed by atoms with Crippen LogP contribution in [-0.4, -0.2) is 44.6 Å². The zero-order valence-corrected chi connectivity index (χ0v) is 20.7. The number of alkyl halides is 2. The lowest BCUT2D eigenvalue weighted by Gasteiger charge is -2.35. The second-order valence-corrected chi connectivity index (χ2v) is 10.0. The molecule has 0 bridgehead atoms. The van der Waals surface area contributed by atoms with Gasteiger partial charge in [-0.1, -0.05) is 12.1 Å². The minimum Gasteiger partial charge on any atom is -0.492 e. The molecule has 1 aromatic heterocycles. The number of anilines is 1. The van der Waals surface area contributed by atoms with E-state index in [0.717, 1.165) is 11.6 Å². The number of hydrogen-bond acceptors (Lipinski definition) is 7. The molecule has 2 aromatic carbocycles. The van der Waals surface area contributed by atoms with Crippen LogP contribution in [0.2, 0.25) is 0 Å². The number of nitrogens with one attached hydrogen (secondary N) is 1. The topological polar surface area (TPSA) is 108 Å². The number of aliphatic hydroxyl groups is 3. The van der Waals surface area contributed by atoms with E-state index in [2.05, 4.69) is 15.3 Å². The number of aliphatic hydroxyl groups excluding tert-OH is 2. The number of hydrogen-bond donors (Lipinski definition) is 4. The predicted octanol–water partition coefficient (Wildman–Crippen LogP) is 4.39. The number of halogens is 3. The summed E-state index contributed by atoms with van der Waals surface area (Å²) in [5.74, 6) is -3.36. The van der Waals surface area contributed by atoms with Crippen LogP contribution in [0.5, 0.6) is 5.75 Å². The first-order valence-electron chi connectivity index (χ1n) is 12.5. The van der Waals surface area contributed by atoms with Crippen LogP contribution < -0.4 is 10.1 Å². The van der Waals surface area contributed by atoms with Gasteiger partial charge in [0.15, 0.2) is 0 Å². The van der Waals surface area contributed by atoms with Crippen molar-refractivity contribution >= 4 is 16.7 Å². The van der Waals surface area contributed by atoms with Gasteiger partial charge in [0.1, 0.15) is 29.8 Å². The van der Waals surface area contributed by atoms with Crippen LogP contribution >= 0.6 is 0 Å². The molecule has 2 heterocycles. The second kappa shape index (κ2) is 9.41. The number of benzene rings is 2. The Morgan fingerprint density at radius 2 is 1.97 bits per heavy atom. The molecule has 1 fully saturated rings. The molecule has 0 radical (unpaired) electrons. The van der Waals surface area contributed by atoms with Crippen LogP contribution in [0.1, 0.15) is 66.7 Å². The molecule has 37 heavy (non-hydrogen) atoms. The molecular weight excluding hydrogens is 487 g/mol. The van der Waals surface area contributed by atoms with E-state index in [-0.39, 0.29) is 5.56 Å². The Morgan fingerprint density at radius 1 is 1.24 bits per heavy atom. The summed E-state index contributed by atoms with van der Waals surface area (Å²) in [5, 5.41) is 34.3. The molecule has 0 spiro atoms. The summed E-state index contributed by atoms with van der Waals surface area (Å²) in [5.41, 5.74) is 0.0520. The average molecular weight is 518 g/mol. The van der Waals surface area contributed by atoms with Gasteiger partial charge in [0.2, 0.25) is 0 Å². The van der Waals surface area contributed by atoms with Gasteiger partial charge in [0.05, 0.1) is 35.4 Å². The van der Waals surface area contributed by atoms with E-state index in [9.17, 15) is 19.0 Å². The van der Waals surface area contributed by atoms with E-state index in [0.29, 0.717) is 72.6 Å². The summed E-state index contributed by atoms with van der Waals surface area (Å²) in [6.07, 6.45) is 1.81. The lowest BCUT2D eigenvalue weighted by Crippen LogP contribution is -2.33. The molecule has 2 aliphatic rings. The fraction of sp³-hybridized carbons (Fsp3) is 0.481. The third-order valence-corrected chi connectivity index (χ3v) is 7.47. The summed E-state index contributed by atoms with van der Waals surface area (Å²) in [6.45, 7) is 2.31. The maximum atomic E-state index is 15.1. The van der Waals surface area contributed by atoms with Crippen LogP contribution in [-0.2, 0) is 17.9 Å². The summed E-state index contributed by atoms with van der Waals surface area (Å²) in [6, 6.07) is 4.73. The molecule has 0 unspecified atom stereocenters. The first-order chi connectivity index (χ1) is 17.5. The zero-order valence-electron chi connectivity index (χ0n) is 20.7. The maximum Gasteiger partial charge on any atom is 0.298 e. The summed E-state index contributed by atoms with van der Waals surface area (Å²) in [7, 11) is 0. The number of rotatable bonds is 6. The first-order valence-corrected chi connectivity index (χ1v) is 12.5. The van der Waals surface area contributed by atoms with Crippen molar-refractivity contribution in [2.75, 3.05) is 18.5 Å².